The van der Waals surface area contributed by atoms with E-state index in [4.69, 9.17) is 10.5 Å². The third-order valence-electron chi connectivity index (χ3n) is 3.08. The first kappa shape index (κ1) is 13.1. The second kappa shape index (κ2) is 5.98. The molecule has 1 aromatic carbocycles. The van der Waals surface area contributed by atoms with Gasteiger partial charge in [-0.25, -0.2) is 4.98 Å². The molecule has 0 aliphatic carbocycles. The van der Waals surface area contributed by atoms with Crippen LogP contribution >= 0.6 is 0 Å². The summed E-state index contributed by atoms with van der Waals surface area (Å²) in [6.45, 7) is 3.57. The Morgan fingerprint density at radius 2 is 2.17 bits per heavy atom. The Balaban J connectivity index is 2.30. The van der Waals surface area contributed by atoms with Gasteiger partial charge in [-0.3, -0.25) is 0 Å². The lowest BCUT2D eigenvalue weighted by molar-refractivity contribution is 0.187. The summed E-state index contributed by atoms with van der Waals surface area (Å²) in [7, 11) is 1.72. The number of hydrogen-bond donors (Lipinski definition) is 1. The molecule has 4 nitrogen and oxygen atoms in total. The van der Waals surface area contributed by atoms with Crippen LogP contribution in [0.25, 0.3) is 11.0 Å². The molecule has 2 rings (SSSR count). The fourth-order valence-corrected chi connectivity index (χ4v) is 2.11. The zero-order valence-electron chi connectivity index (χ0n) is 11.1. The van der Waals surface area contributed by atoms with Crippen LogP contribution in [0, 0.1) is 0 Å². The van der Waals surface area contributed by atoms with Crippen molar-refractivity contribution in [2.45, 2.75) is 32.4 Å². The highest BCUT2D eigenvalue weighted by molar-refractivity contribution is 5.75. The molecule has 0 amide bonds. The fourth-order valence-electron chi connectivity index (χ4n) is 2.11. The van der Waals surface area contributed by atoms with Gasteiger partial charge >= 0.3 is 0 Å². The summed E-state index contributed by atoms with van der Waals surface area (Å²) in [4.78, 5) is 4.69. The summed E-state index contributed by atoms with van der Waals surface area (Å²) in [5, 5.41) is 0. The van der Waals surface area contributed by atoms with Crippen molar-refractivity contribution < 1.29 is 4.74 Å². The molecule has 0 aliphatic heterocycles. The smallest absolute Gasteiger partial charge is 0.109 e. The minimum atomic E-state index is 0.209. The van der Waals surface area contributed by atoms with E-state index in [9.17, 15) is 0 Å². The van der Waals surface area contributed by atoms with Crippen molar-refractivity contribution in [2.24, 2.45) is 5.73 Å². The van der Waals surface area contributed by atoms with Crippen molar-refractivity contribution in [2.75, 3.05) is 13.7 Å². The molecule has 2 aromatic rings. The maximum absolute atomic E-state index is 5.82. The normalized spacial score (nSPS) is 13.1. The van der Waals surface area contributed by atoms with Crippen molar-refractivity contribution in [3.63, 3.8) is 0 Å². The summed E-state index contributed by atoms with van der Waals surface area (Å²) in [6, 6.07) is 8.43. The number of methoxy groups -OCH3 is 1. The largest absolute Gasteiger partial charge is 0.383 e. The van der Waals surface area contributed by atoms with Crippen LogP contribution in [0.3, 0.4) is 0 Å². The van der Waals surface area contributed by atoms with Gasteiger partial charge in [0.05, 0.1) is 17.6 Å². The van der Waals surface area contributed by atoms with Gasteiger partial charge in [-0.05, 0) is 25.5 Å². The Labute approximate surface area is 108 Å². The van der Waals surface area contributed by atoms with Crippen LogP contribution in [0.15, 0.2) is 24.3 Å². The maximum Gasteiger partial charge on any atom is 0.109 e. The molecule has 0 aliphatic rings. The van der Waals surface area contributed by atoms with Gasteiger partial charge in [-0.15, -0.1) is 0 Å². The number of imidazole rings is 1. The maximum atomic E-state index is 5.82. The number of ether oxygens (including phenoxy) is 1. The lowest BCUT2D eigenvalue weighted by Gasteiger charge is -2.09. The van der Waals surface area contributed by atoms with Gasteiger partial charge in [0.25, 0.3) is 0 Å². The third-order valence-corrected chi connectivity index (χ3v) is 3.08. The van der Waals surface area contributed by atoms with E-state index in [1.54, 1.807) is 7.11 Å². The molecule has 0 fully saturated rings. The van der Waals surface area contributed by atoms with Gasteiger partial charge in [0, 0.05) is 26.1 Å². The molecule has 1 atom stereocenters. The molecule has 18 heavy (non-hydrogen) atoms. The van der Waals surface area contributed by atoms with E-state index in [-0.39, 0.29) is 6.04 Å². The zero-order chi connectivity index (χ0) is 13.0. The molecule has 0 bridgehead atoms. The van der Waals surface area contributed by atoms with E-state index in [0.29, 0.717) is 6.61 Å². The van der Waals surface area contributed by atoms with E-state index in [1.807, 2.05) is 25.1 Å². The fraction of sp³-hybridized carbons (Fsp3) is 0.500. The summed E-state index contributed by atoms with van der Waals surface area (Å²) in [6.07, 6.45) is 1.87. The number of hydrogen-bond acceptors (Lipinski definition) is 3. The van der Waals surface area contributed by atoms with Crippen LogP contribution in [0.5, 0.6) is 0 Å². The van der Waals surface area contributed by atoms with Crippen LogP contribution in [0.1, 0.15) is 19.2 Å². The van der Waals surface area contributed by atoms with Crippen LogP contribution in [-0.4, -0.2) is 29.3 Å². The lowest BCUT2D eigenvalue weighted by atomic mass is 10.2. The monoisotopic (exact) mass is 247 g/mol. The molecule has 1 aromatic heterocycles. The zero-order valence-corrected chi connectivity index (χ0v) is 11.1. The van der Waals surface area contributed by atoms with E-state index in [2.05, 4.69) is 15.6 Å². The Kier molecular flexibility index (Phi) is 4.33. The molecule has 98 valence electrons. The first-order chi connectivity index (χ1) is 8.72. The molecule has 4 heteroatoms. The van der Waals surface area contributed by atoms with Gasteiger partial charge in [0.2, 0.25) is 0 Å². The van der Waals surface area contributed by atoms with Gasteiger partial charge in [-0.2, -0.15) is 0 Å². The highest BCUT2D eigenvalue weighted by Crippen LogP contribution is 2.17. The number of aromatic nitrogens is 2. The Hall–Kier alpha value is -1.39. The van der Waals surface area contributed by atoms with Gasteiger partial charge < -0.3 is 15.0 Å². The molecule has 1 heterocycles. The Morgan fingerprint density at radius 3 is 2.89 bits per heavy atom. The van der Waals surface area contributed by atoms with E-state index in [0.717, 1.165) is 30.7 Å². The SMILES string of the molecule is COCCn1c(CCC(C)N)nc2ccccc21. The first-order valence-corrected chi connectivity index (χ1v) is 6.41. The number of aryl methyl sites for hydroxylation is 1. The highest BCUT2D eigenvalue weighted by Gasteiger charge is 2.10. The predicted octanol–water partition coefficient (Wildman–Crippen LogP) is 1.96. The predicted molar refractivity (Wildman–Crippen MR) is 73.6 cm³/mol. The molecule has 1 unspecified atom stereocenters. The van der Waals surface area contributed by atoms with Crippen LogP contribution in [-0.2, 0) is 17.7 Å². The minimum absolute atomic E-state index is 0.209. The summed E-state index contributed by atoms with van der Waals surface area (Å²) < 4.78 is 7.41. The molecule has 0 radical (unpaired) electrons. The second-order valence-corrected chi connectivity index (χ2v) is 4.68. The van der Waals surface area contributed by atoms with E-state index >= 15 is 0 Å². The van der Waals surface area contributed by atoms with Crippen molar-refractivity contribution in [3.05, 3.63) is 30.1 Å². The molecule has 0 saturated heterocycles. The quantitative estimate of drug-likeness (QED) is 0.849. The molecular weight excluding hydrogens is 226 g/mol. The molecule has 0 spiro atoms. The number of fused-ring (bicyclic) bond motifs is 1. The van der Waals surface area contributed by atoms with Crippen LogP contribution in [0.4, 0.5) is 0 Å². The van der Waals surface area contributed by atoms with E-state index < -0.39 is 0 Å². The van der Waals surface area contributed by atoms with Crippen molar-refractivity contribution >= 4 is 11.0 Å². The highest BCUT2D eigenvalue weighted by atomic mass is 16.5. The Bertz CT molecular complexity index is 505. The van der Waals surface area contributed by atoms with Crippen molar-refractivity contribution in [1.29, 1.82) is 0 Å². The first-order valence-electron chi connectivity index (χ1n) is 6.41. The van der Waals surface area contributed by atoms with Gasteiger partial charge in [0.1, 0.15) is 5.82 Å². The summed E-state index contributed by atoms with van der Waals surface area (Å²) >= 11 is 0. The lowest BCUT2D eigenvalue weighted by Crippen LogP contribution is -2.17. The topological polar surface area (TPSA) is 53.1 Å². The average Bonchev–Trinajstić information content (AvgIpc) is 2.71. The third kappa shape index (κ3) is 2.89. The Morgan fingerprint density at radius 1 is 1.39 bits per heavy atom. The number of rotatable bonds is 6. The number of nitrogens with two attached hydrogens (primary N) is 1. The van der Waals surface area contributed by atoms with Gasteiger partial charge in [0.15, 0.2) is 0 Å². The number of para-hydroxylation sites is 2. The van der Waals surface area contributed by atoms with Crippen LogP contribution in [0.2, 0.25) is 0 Å². The van der Waals surface area contributed by atoms with Gasteiger partial charge in [-0.1, -0.05) is 12.1 Å². The standard InChI is InChI=1S/C14H21N3O/c1-11(15)7-8-14-16-12-5-3-4-6-13(12)17(14)9-10-18-2/h3-6,11H,7-10,15H2,1-2H3. The van der Waals surface area contributed by atoms with Crippen molar-refractivity contribution in [3.8, 4) is 0 Å². The summed E-state index contributed by atoms with van der Waals surface area (Å²) in [5.74, 6) is 1.10. The molecular formula is C14H21N3O. The molecule has 0 saturated carbocycles. The number of nitrogens with zero attached hydrogens (tertiary/aromatic N) is 2. The summed E-state index contributed by atoms with van der Waals surface area (Å²) in [5.41, 5.74) is 8.05. The van der Waals surface area contributed by atoms with E-state index in [1.165, 1.54) is 5.52 Å². The molecule has 2 N–H and O–H groups in total. The van der Waals surface area contributed by atoms with Crippen LogP contribution < -0.4 is 5.73 Å². The second-order valence-electron chi connectivity index (χ2n) is 4.68. The minimum Gasteiger partial charge on any atom is -0.383 e. The number of benzene rings is 1. The average molecular weight is 247 g/mol. The van der Waals surface area contributed by atoms with Crippen molar-refractivity contribution in [1.82, 2.24) is 9.55 Å².